The van der Waals surface area contributed by atoms with Crippen molar-refractivity contribution in [2.24, 2.45) is 0 Å². The van der Waals surface area contributed by atoms with Crippen molar-refractivity contribution in [3.63, 3.8) is 0 Å². The van der Waals surface area contributed by atoms with E-state index in [2.05, 4.69) is 43.4 Å². The first-order chi connectivity index (χ1) is 9.70. The van der Waals surface area contributed by atoms with Gasteiger partial charge in [-0.2, -0.15) is 0 Å². The van der Waals surface area contributed by atoms with Crippen LogP contribution in [0.5, 0.6) is 5.75 Å². The summed E-state index contributed by atoms with van der Waals surface area (Å²) in [6.07, 6.45) is 2.24. The Bertz CT molecular complexity index is 524. The highest BCUT2D eigenvalue weighted by Gasteiger charge is 2.14. The maximum atomic E-state index is 9.59. The number of benzene rings is 2. The molecule has 2 heteroatoms. The van der Waals surface area contributed by atoms with Gasteiger partial charge in [-0.1, -0.05) is 55.8 Å². The molecule has 2 atom stereocenters. The van der Waals surface area contributed by atoms with Gasteiger partial charge in [0.05, 0.1) is 0 Å². The summed E-state index contributed by atoms with van der Waals surface area (Å²) < 4.78 is 0. The van der Waals surface area contributed by atoms with E-state index in [1.165, 1.54) is 5.56 Å². The van der Waals surface area contributed by atoms with Crippen molar-refractivity contribution in [1.29, 1.82) is 0 Å². The number of nitrogens with one attached hydrogen (secondary N) is 1. The summed E-state index contributed by atoms with van der Waals surface area (Å²) in [4.78, 5) is 0. The predicted octanol–water partition coefficient (Wildman–Crippen LogP) is 4.58. The van der Waals surface area contributed by atoms with E-state index in [1.54, 1.807) is 6.07 Å². The molecule has 0 aliphatic rings. The second-order valence-electron chi connectivity index (χ2n) is 5.24. The lowest BCUT2D eigenvalue weighted by Crippen LogP contribution is -2.24. The van der Waals surface area contributed by atoms with E-state index >= 15 is 0 Å². The Balaban J connectivity index is 2.12. The third-order valence-electron chi connectivity index (χ3n) is 3.60. The Morgan fingerprint density at radius 3 is 2.35 bits per heavy atom. The van der Waals surface area contributed by atoms with Gasteiger partial charge in [-0.05, 0) is 36.6 Å². The zero-order chi connectivity index (χ0) is 14.4. The van der Waals surface area contributed by atoms with Gasteiger partial charge in [0.2, 0.25) is 0 Å². The lowest BCUT2D eigenvalue weighted by molar-refractivity contribution is 0.435. The minimum atomic E-state index is 0.207. The van der Waals surface area contributed by atoms with Crippen LogP contribution in [0.2, 0.25) is 0 Å². The molecule has 0 amide bonds. The highest BCUT2D eigenvalue weighted by Crippen LogP contribution is 2.24. The standard InChI is InChI=1S/C18H23NO/c1-3-8-18(15-9-5-4-6-10-15)19-14(2)16-11-7-12-17(20)13-16/h4-7,9-14,18-20H,3,8H2,1-2H3. The zero-order valence-corrected chi connectivity index (χ0v) is 12.2. The molecule has 20 heavy (non-hydrogen) atoms. The highest BCUT2D eigenvalue weighted by molar-refractivity contribution is 5.29. The van der Waals surface area contributed by atoms with Crippen LogP contribution in [-0.2, 0) is 0 Å². The first kappa shape index (κ1) is 14.6. The van der Waals surface area contributed by atoms with Crippen molar-refractivity contribution < 1.29 is 5.11 Å². The molecule has 0 fully saturated rings. The van der Waals surface area contributed by atoms with E-state index < -0.39 is 0 Å². The summed E-state index contributed by atoms with van der Waals surface area (Å²) in [7, 11) is 0. The van der Waals surface area contributed by atoms with Crippen LogP contribution >= 0.6 is 0 Å². The van der Waals surface area contributed by atoms with Gasteiger partial charge in [0.25, 0.3) is 0 Å². The SMILES string of the molecule is CCCC(NC(C)c1cccc(O)c1)c1ccccc1. The summed E-state index contributed by atoms with van der Waals surface area (Å²) in [5.74, 6) is 0.322. The molecule has 2 aromatic rings. The van der Waals surface area contributed by atoms with Crippen molar-refractivity contribution >= 4 is 0 Å². The zero-order valence-electron chi connectivity index (χ0n) is 12.2. The minimum absolute atomic E-state index is 0.207. The largest absolute Gasteiger partial charge is 0.508 e. The smallest absolute Gasteiger partial charge is 0.115 e. The molecular formula is C18H23NO. The van der Waals surface area contributed by atoms with Gasteiger partial charge >= 0.3 is 0 Å². The van der Waals surface area contributed by atoms with Gasteiger partial charge in [-0.15, -0.1) is 0 Å². The molecule has 106 valence electrons. The van der Waals surface area contributed by atoms with Crippen molar-refractivity contribution in [2.45, 2.75) is 38.8 Å². The molecule has 2 rings (SSSR count). The number of phenolic OH excluding ortho intramolecular Hbond substituents is 1. The normalized spacial score (nSPS) is 13.9. The summed E-state index contributed by atoms with van der Waals surface area (Å²) in [5.41, 5.74) is 2.43. The first-order valence-electron chi connectivity index (χ1n) is 7.30. The number of hydrogen-bond donors (Lipinski definition) is 2. The molecule has 2 nitrogen and oxygen atoms in total. The molecule has 0 saturated carbocycles. The molecule has 0 saturated heterocycles. The van der Waals surface area contributed by atoms with Gasteiger partial charge in [0.15, 0.2) is 0 Å². The van der Waals surface area contributed by atoms with Gasteiger partial charge in [0.1, 0.15) is 5.75 Å². The van der Waals surface area contributed by atoms with E-state index in [1.807, 2.05) is 24.3 Å². The van der Waals surface area contributed by atoms with Crippen molar-refractivity contribution in [3.05, 3.63) is 65.7 Å². The third kappa shape index (κ3) is 3.84. The fourth-order valence-electron chi connectivity index (χ4n) is 2.51. The van der Waals surface area contributed by atoms with Gasteiger partial charge < -0.3 is 10.4 Å². The number of phenols is 1. The van der Waals surface area contributed by atoms with Crippen LogP contribution in [0.3, 0.4) is 0 Å². The Hall–Kier alpha value is -1.80. The molecule has 0 bridgehead atoms. The Morgan fingerprint density at radius 1 is 1.00 bits per heavy atom. The first-order valence-corrected chi connectivity index (χ1v) is 7.30. The topological polar surface area (TPSA) is 32.3 Å². The Kier molecular flexibility index (Phi) is 5.19. The third-order valence-corrected chi connectivity index (χ3v) is 3.60. The molecule has 0 spiro atoms. The number of hydrogen-bond acceptors (Lipinski definition) is 2. The maximum Gasteiger partial charge on any atom is 0.115 e. The molecule has 0 radical (unpaired) electrons. The van der Waals surface area contributed by atoms with E-state index in [4.69, 9.17) is 0 Å². The molecule has 2 unspecified atom stereocenters. The van der Waals surface area contributed by atoms with Crippen LogP contribution in [0.1, 0.15) is 49.9 Å². The number of rotatable bonds is 6. The molecule has 0 aliphatic heterocycles. The van der Waals surface area contributed by atoms with Gasteiger partial charge in [-0.25, -0.2) is 0 Å². The van der Waals surface area contributed by atoms with Crippen molar-refractivity contribution in [1.82, 2.24) is 5.32 Å². The van der Waals surface area contributed by atoms with Crippen LogP contribution in [-0.4, -0.2) is 5.11 Å². The Labute approximate surface area is 121 Å². The monoisotopic (exact) mass is 269 g/mol. The van der Waals surface area contributed by atoms with Crippen molar-refractivity contribution in [3.8, 4) is 5.75 Å². The maximum absolute atomic E-state index is 9.59. The lowest BCUT2D eigenvalue weighted by Gasteiger charge is -2.24. The average molecular weight is 269 g/mol. The van der Waals surface area contributed by atoms with Crippen LogP contribution in [0, 0.1) is 0 Å². The van der Waals surface area contributed by atoms with E-state index in [0.29, 0.717) is 11.8 Å². The van der Waals surface area contributed by atoms with Gasteiger partial charge in [0, 0.05) is 12.1 Å². The minimum Gasteiger partial charge on any atom is -0.508 e. The Morgan fingerprint density at radius 2 is 1.70 bits per heavy atom. The molecular weight excluding hydrogens is 246 g/mol. The summed E-state index contributed by atoms with van der Waals surface area (Å²) >= 11 is 0. The summed E-state index contributed by atoms with van der Waals surface area (Å²) in [6, 6.07) is 18.6. The number of aromatic hydroxyl groups is 1. The second kappa shape index (κ2) is 7.11. The highest BCUT2D eigenvalue weighted by atomic mass is 16.3. The molecule has 0 heterocycles. The van der Waals surface area contributed by atoms with Crippen LogP contribution < -0.4 is 5.32 Å². The lowest BCUT2D eigenvalue weighted by atomic mass is 9.99. The molecule has 0 aliphatic carbocycles. The molecule has 2 aromatic carbocycles. The fraction of sp³-hybridized carbons (Fsp3) is 0.333. The van der Waals surface area contributed by atoms with Crippen molar-refractivity contribution in [2.75, 3.05) is 0 Å². The van der Waals surface area contributed by atoms with Crippen LogP contribution in [0.4, 0.5) is 0 Å². The average Bonchev–Trinajstić information content (AvgIpc) is 2.47. The second-order valence-corrected chi connectivity index (χ2v) is 5.24. The summed E-state index contributed by atoms with van der Waals surface area (Å²) in [5, 5.41) is 13.3. The van der Waals surface area contributed by atoms with Gasteiger partial charge in [-0.3, -0.25) is 0 Å². The van der Waals surface area contributed by atoms with E-state index in [9.17, 15) is 5.11 Å². The van der Waals surface area contributed by atoms with E-state index in [0.717, 1.165) is 18.4 Å². The molecule has 0 aromatic heterocycles. The van der Waals surface area contributed by atoms with Crippen LogP contribution in [0.15, 0.2) is 54.6 Å². The van der Waals surface area contributed by atoms with Crippen LogP contribution in [0.25, 0.3) is 0 Å². The predicted molar refractivity (Wildman–Crippen MR) is 83.7 cm³/mol. The fourth-order valence-corrected chi connectivity index (χ4v) is 2.51. The van der Waals surface area contributed by atoms with E-state index in [-0.39, 0.29) is 6.04 Å². The summed E-state index contributed by atoms with van der Waals surface area (Å²) in [6.45, 7) is 4.34. The molecule has 2 N–H and O–H groups in total. The quantitative estimate of drug-likeness (QED) is 0.804.